The Morgan fingerprint density at radius 1 is 1.50 bits per heavy atom. The van der Waals surface area contributed by atoms with Gasteiger partial charge in [-0.3, -0.25) is 0 Å². The molecule has 0 saturated heterocycles. The van der Waals surface area contributed by atoms with Crippen molar-refractivity contribution in [3.63, 3.8) is 0 Å². The van der Waals surface area contributed by atoms with Gasteiger partial charge in [0.15, 0.2) is 0 Å². The van der Waals surface area contributed by atoms with Crippen LogP contribution in [0.4, 0.5) is 0 Å². The SMILES string of the molecule is COC(C)Cc1nc(C)cc(CN)n1. The van der Waals surface area contributed by atoms with Gasteiger partial charge in [-0.05, 0) is 19.9 Å². The van der Waals surface area contributed by atoms with Gasteiger partial charge < -0.3 is 10.5 Å². The zero-order chi connectivity index (χ0) is 10.6. The minimum atomic E-state index is 0.141. The molecule has 0 aromatic carbocycles. The van der Waals surface area contributed by atoms with E-state index < -0.39 is 0 Å². The normalized spacial score (nSPS) is 12.9. The number of hydrogen-bond acceptors (Lipinski definition) is 4. The van der Waals surface area contributed by atoms with Gasteiger partial charge in [-0.1, -0.05) is 0 Å². The van der Waals surface area contributed by atoms with Crippen molar-refractivity contribution in [2.45, 2.75) is 32.9 Å². The molecule has 2 N–H and O–H groups in total. The van der Waals surface area contributed by atoms with Gasteiger partial charge in [0.05, 0.1) is 11.8 Å². The van der Waals surface area contributed by atoms with Crippen LogP contribution in [0.15, 0.2) is 6.07 Å². The summed E-state index contributed by atoms with van der Waals surface area (Å²) in [6, 6.07) is 1.90. The fraction of sp³-hybridized carbons (Fsp3) is 0.600. The van der Waals surface area contributed by atoms with Crippen molar-refractivity contribution >= 4 is 0 Å². The Labute approximate surface area is 84.5 Å². The van der Waals surface area contributed by atoms with Gasteiger partial charge in [-0.15, -0.1) is 0 Å². The van der Waals surface area contributed by atoms with E-state index in [1.54, 1.807) is 7.11 Å². The van der Waals surface area contributed by atoms with Crippen molar-refractivity contribution in [2.75, 3.05) is 7.11 Å². The highest BCUT2D eigenvalue weighted by atomic mass is 16.5. The van der Waals surface area contributed by atoms with Crippen molar-refractivity contribution in [2.24, 2.45) is 5.73 Å². The molecule has 4 nitrogen and oxygen atoms in total. The van der Waals surface area contributed by atoms with Crippen LogP contribution in [0.25, 0.3) is 0 Å². The number of aromatic nitrogens is 2. The van der Waals surface area contributed by atoms with Crippen LogP contribution in [0.1, 0.15) is 24.1 Å². The van der Waals surface area contributed by atoms with E-state index >= 15 is 0 Å². The molecule has 78 valence electrons. The molecule has 0 fully saturated rings. The van der Waals surface area contributed by atoms with Crippen LogP contribution in [0.5, 0.6) is 0 Å². The van der Waals surface area contributed by atoms with Crippen molar-refractivity contribution in [3.05, 3.63) is 23.3 Å². The number of nitrogens with zero attached hydrogens (tertiary/aromatic N) is 2. The Kier molecular flexibility index (Phi) is 3.98. The van der Waals surface area contributed by atoms with E-state index in [1.807, 2.05) is 19.9 Å². The number of nitrogens with two attached hydrogens (primary N) is 1. The molecular formula is C10H17N3O. The molecule has 1 rings (SSSR count). The maximum atomic E-state index is 5.53. The third-order valence-corrected chi connectivity index (χ3v) is 2.04. The molecule has 0 spiro atoms. The lowest BCUT2D eigenvalue weighted by molar-refractivity contribution is 0.117. The molecular weight excluding hydrogens is 178 g/mol. The second kappa shape index (κ2) is 5.02. The van der Waals surface area contributed by atoms with E-state index in [1.165, 1.54) is 0 Å². The predicted octanol–water partition coefficient (Wildman–Crippen LogP) is 0.821. The Morgan fingerprint density at radius 2 is 2.21 bits per heavy atom. The second-order valence-electron chi connectivity index (χ2n) is 3.37. The van der Waals surface area contributed by atoms with E-state index in [0.717, 1.165) is 23.6 Å². The lowest BCUT2D eigenvalue weighted by Crippen LogP contribution is -2.13. The van der Waals surface area contributed by atoms with Gasteiger partial charge in [0.25, 0.3) is 0 Å². The van der Waals surface area contributed by atoms with Crippen LogP contribution in [0.3, 0.4) is 0 Å². The van der Waals surface area contributed by atoms with Crippen LogP contribution in [-0.4, -0.2) is 23.2 Å². The topological polar surface area (TPSA) is 61.0 Å². The Balaban J connectivity index is 2.81. The van der Waals surface area contributed by atoms with E-state index in [9.17, 15) is 0 Å². The van der Waals surface area contributed by atoms with Gasteiger partial charge in [0.1, 0.15) is 5.82 Å². The summed E-state index contributed by atoms with van der Waals surface area (Å²) < 4.78 is 5.16. The first kappa shape index (κ1) is 11.1. The molecule has 1 unspecified atom stereocenters. The van der Waals surface area contributed by atoms with E-state index in [2.05, 4.69) is 9.97 Å². The van der Waals surface area contributed by atoms with Crippen LogP contribution < -0.4 is 5.73 Å². The van der Waals surface area contributed by atoms with Crippen molar-refractivity contribution in [1.29, 1.82) is 0 Å². The predicted molar refractivity (Wildman–Crippen MR) is 54.8 cm³/mol. The summed E-state index contributed by atoms with van der Waals surface area (Å²) in [6.45, 7) is 4.40. The number of hydrogen-bond donors (Lipinski definition) is 1. The quantitative estimate of drug-likeness (QED) is 0.772. The molecule has 14 heavy (non-hydrogen) atoms. The van der Waals surface area contributed by atoms with Crippen LogP contribution in [-0.2, 0) is 17.7 Å². The fourth-order valence-electron chi connectivity index (χ4n) is 1.24. The summed E-state index contributed by atoms with van der Waals surface area (Å²) in [7, 11) is 1.68. The first-order chi connectivity index (χ1) is 6.65. The fourth-order valence-corrected chi connectivity index (χ4v) is 1.24. The minimum absolute atomic E-state index is 0.141. The van der Waals surface area contributed by atoms with Gasteiger partial charge in [-0.25, -0.2) is 9.97 Å². The summed E-state index contributed by atoms with van der Waals surface area (Å²) in [4.78, 5) is 8.65. The first-order valence-corrected chi connectivity index (χ1v) is 4.72. The molecule has 1 aromatic rings. The van der Waals surface area contributed by atoms with Crippen molar-refractivity contribution in [3.8, 4) is 0 Å². The van der Waals surface area contributed by atoms with Crippen LogP contribution in [0, 0.1) is 6.92 Å². The Bertz CT molecular complexity index is 301. The average Bonchev–Trinajstić information content (AvgIpc) is 2.16. The molecule has 0 bridgehead atoms. The Hall–Kier alpha value is -1.00. The summed E-state index contributed by atoms with van der Waals surface area (Å²) in [6.07, 6.45) is 0.868. The average molecular weight is 195 g/mol. The summed E-state index contributed by atoms with van der Waals surface area (Å²) >= 11 is 0. The van der Waals surface area contributed by atoms with Gasteiger partial charge in [0, 0.05) is 25.8 Å². The molecule has 1 heterocycles. The van der Waals surface area contributed by atoms with E-state index in [-0.39, 0.29) is 6.10 Å². The minimum Gasteiger partial charge on any atom is -0.381 e. The highest BCUT2D eigenvalue weighted by Gasteiger charge is 2.06. The maximum absolute atomic E-state index is 5.53. The third kappa shape index (κ3) is 3.05. The molecule has 1 atom stereocenters. The maximum Gasteiger partial charge on any atom is 0.131 e. The molecule has 0 radical (unpaired) electrons. The highest BCUT2D eigenvalue weighted by molar-refractivity contribution is 5.10. The van der Waals surface area contributed by atoms with Crippen molar-refractivity contribution < 1.29 is 4.74 Å². The number of methoxy groups -OCH3 is 1. The van der Waals surface area contributed by atoms with Gasteiger partial charge in [0.2, 0.25) is 0 Å². The Morgan fingerprint density at radius 3 is 2.79 bits per heavy atom. The molecule has 0 saturated carbocycles. The highest BCUT2D eigenvalue weighted by Crippen LogP contribution is 2.03. The number of aryl methyl sites for hydroxylation is 1. The van der Waals surface area contributed by atoms with Crippen LogP contribution in [0.2, 0.25) is 0 Å². The second-order valence-corrected chi connectivity index (χ2v) is 3.37. The molecule has 0 amide bonds. The summed E-state index contributed by atoms with van der Waals surface area (Å²) in [5.41, 5.74) is 7.37. The standard InChI is InChI=1S/C10H17N3O/c1-7-4-9(6-11)13-10(12-7)5-8(2)14-3/h4,8H,5-6,11H2,1-3H3. The summed E-state index contributed by atoms with van der Waals surface area (Å²) in [5, 5.41) is 0. The molecule has 1 aromatic heterocycles. The van der Waals surface area contributed by atoms with Gasteiger partial charge in [-0.2, -0.15) is 0 Å². The van der Waals surface area contributed by atoms with Crippen molar-refractivity contribution in [1.82, 2.24) is 9.97 Å². The zero-order valence-corrected chi connectivity index (χ0v) is 8.95. The van der Waals surface area contributed by atoms with E-state index in [4.69, 9.17) is 10.5 Å². The summed E-state index contributed by atoms with van der Waals surface area (Å²) in [5.74, 6) is 0.805. The van der Waals surface area contributed by atoms with Crippen LogP contribution >= 0.6 is 0 Å². The lowest BCUT2D eigenvalue weighted by Gasteiger charge is -2.09. The molecule has 0 aliphatic rings. The van der Waals surface area contributed by atoms with Gasteiger partial charge >= 0.3 is 0 Å². The lowest BCUT2D eigenvalue weighted by atomic mass is 10.2. The monoisotopic (exact) mass is 195 g/mol. The smallest absolute Gasteiger partial charge is 0.131 e. The molecule has 4 heteroatoms. The molecule has 0 aliphatic heterocycles. The number of ether oxygens (including phenoxy) is 1. The molecule has 0 aliphatic carbocycles. The largest absolute Gasteiger partial charge is 0.381 e. The van der Waals surface area contributed by atoms with E-state index in [0.29, 0.717) is 6.54 Å². The first-order valence-electron chi connectivity index (χ1n) is 4.72. The zero-order valence-electron chi connectivity index (χ0n) is 8.95. The number of rotatable bonds is 4. The third-order valence-electron chi connectivity index (χ3n) is 2.04.